The molecule has 1 amide bonds. The molecular weight excluding hydrogens is 520 g/mol. The van der Waals surface area contributed by atoms with Gasteiger partial charge < -0.3 is 29.7 Å². The molecule has 0 aliphatic carbocycles. The Kier molecular flexibility index (Phi) is 9.62. The van der Waals surface area contributed by atoms with E-state index >= 15 is 0 Å². The summed E-state index contributed by atoms with van der Waals surface area (Å²) in [7, 11) is 9.62. The number of hydrogen-bond donors (Lipinski definition) is 2. The molecule has 0 saturated carbocycles. The number of ether oxygens (including phenoxy) is 1. The minimum absolute atomic E-state index is 0.175. The van der Waals surface area contributed by atoms with E-state index in [1.165, 1.54) is 0 Å². The molecule has 12 nitrogen and oxygen atoms in total. The van der Waals surface area contributed by atoms with Crippen LogP contribution in [0.25, 0.3) is 32.6 Å². The molecule has 0 saturated heterocycles. The van der Waals surface area contributed by atoms with Gasteiger partial charge in [-0.3, -0.25) is 4.79 Å². The molecule has 2 aromatic heterocycles. The fourth-order valence-corrected chi connectivity index (χ4v) is 4.52. The lowest BCUT2D eigenvalue weighted by atomic mass is 10.1. The van der Waals surface area contributed by atoms with Gasteiger partial charge >= 0.3 is 0 Å². The molecule has 2 N–H and O–H groups in total. The molecule has 0 aliphatic heterocycles. The first-order chi connectivity index (χ1) is 19.8. The lowest BCUT2D eigenvalue weighted by Crippen LogP contribution is -2.29. The van der Waals surface area contributed by atoms with Crippen LogP contribution in [0.3, 0.4) is 0 Å². The number of amides is 1. The van der Waals surface area contributed by atoms with E-state index in [1.807, 2.05) is 58.5 Å². The summed E-state index contributed by atoms with van der Waals surface area (Å²) in [5, 5.41) is 10.9. The monoisotopic (exact) mass is 556 g/mol. The molecule has 2 aromatic carbocycles. The van der Waals surface area contributed by atoms with Crippen molar-refractivity contribution in [3.05, 3.63) is 65.3 Å². The van der Waals surface area contributed by atoms with Crippen LogP contribution in [0.5, 0.6) is 5.75 Å². The molecule has 214 valence electrons. The summed E-state index contributed by atoms with van der Waals surface area (Å²) in [5.41, 5.74) is 13.4. The number of fused-ring (bicyclic) bond motifs is 1. The molecule has 0 aliphatic rings. The number of aromatic nitrogens is 3. The lowest BCUT2D eigenvalue weighted by Gasteiger charge is -2.26. The van der Waals surface area contributed by atoms with Gasteiger partial charge in [-0.25, -0.2) is 9.97 Å². The summed E-state index contributed by atoms with van der Waals surface area (Å²) in [6, 6.07) is 13.8. The largest absolute Gasteiger partial charge is 0.494 e. The van der Waals surface area contributed by atoms with Crippen LogP contribution in [-0.4, -0.2) is 73.2 Å². The number of anilines is 4. The van der Waals surface area contributed by atoms with E-state index in [1.54, 1.807) is 13.3 Å². The highest BCUT2D eigenvalue weighted by Crippen LogP contribution is 2.38. The number of nitrogens with one attached hydrogen (secondary N) is 2. The fourth-order valence-electron chi connectivity index (χ4n) is 4.52. The number of rotatable bonds is 13. The van der Waals surface area contributed by atoms with Gasteiger partial charge in [0.1, 0.15) is 5.75 Å². The standard InChI is InChI=1S/C29H36N10O2/c1-37(2)15-16-38(3)26-18-27(41-5)24(17-23(26)33-28(40)11-8-13-32-36-30)35-29-31-14-12-22(34-29)21-19-39(4)25-10-7-6-9-20(21)25/h6-7,9-10,12,14,17-19H,8,11,13,15-16H2,1-5H3,(H,33,40)(H,31,34,35). The maximum atomic E-state index is 12.8. The fraction of sp³-hybridized carbons (Fsp3) is 0.345. The summed E-state index contributed by atoms with van der Waals surface area (Å²) in [6.07, 6.45) is 4.46. The Morgan fingerprint density at radius 1 is 1.15 bits per heavy atom. The topological polar surface area (TPSA) is 136 Å². The molecule has 0 spiro atoms. The Balaban J connectivity index is 1.66. The van der Waals surface area contributed by atoms with Crippen molar-refractivity contribution in [2.24, 2.45) is 12.2 Å². The molecule has 4 aromatic rings. The second-order valence-electron chi connectivity index (χ2n) is 9.96. The lowest BCUT2D eigenvalue weighted by molar-refractivity contribution is -0.116. The van der Waals surface area contributed by atoms with Crippen LogP contribution in [0.1, 0.15) is 12.8 Å². The number of azide groups is 1. The number of benzene rings is 2. The normalized spacial score (nSPS) is 10.9. The zero-order valence-corrected chi connectivity index (χ0v) is 24.1. The van der Waals surface area contributed by atoms with Crippen LogP contribution in [-0.2, 0) is 11.8 Å². The summed E-state index contributed by atoms with van der Waals surface area (Å²) >= 11 is 0. The first kappa shape index (κ1) is 29.2. The third kappa shape index (κ3) is 7.24. The highest BCUT2D eigenvalue weighted by molar-refractivity contribution is 5.97. The van der Waals surface area contributed by atoms with Crippen molar-refractivity contribution >= 4 is 39.8 Å². The van der Waals surface area contributed by atoms with Crippen molar-refractivity contribution in [1.29, 1.82) is 0 Å². The van der Waals surface area contributed by atoms with Crippen LogP contribution < -0.4 is 20.3 Å². The molecule has 0 unspecified atom stereocenters. The minimum atomic E-state index is -0.175. The predicted octanol–water partition coefficient (Wildman–Crippen LogP) is 5.41. The van der Waals surface area contributed by atoms with Gasteiger partial charge in [0.2, 0.25) is 11.9 Å². The van der Waals surface area contributed by atoms with E-state index in [-0.39, 0.29) is 18.9 Å². The first-order valence-electron chi connectivity index (χ1n) is 13.3. The van der Waals surface area contributed by atoms with Crippen molar-refractivity contribution in [2.75, 3.05) is 63.4 Å². The summed E-state index contributed by atoms with van der Waals surface area (Å²) in [5.74, 6) is 0.803. The van der Waals surface area contributed by atoms with Crippen molar-refractivity contribution < 1.29 is 9.53 Å². The Bertz CT molecular complexity index is 1560. The zero-order chi connectivity index (χ0) is 29.4. The van der Waals surface area contributed by atoms with Gasteiger partial charge in [0.15, 0.2) is 0 Å². The zero-order valence-electron chi connectivity index (χ0n) is 24.1. The molecule has 2 heterocycles. The average molecular weight is 557 g/mol. The van der Waals surface area contributed by atoms with Crippen LogP contribution in [0.4, 0.5) is 23.0 Å². The van der Waals surface area contributed by atoms with Gasteiger partial charge in [-0.1, -0.05) is 23.3 Å². The number of likely N-dealkylation sites (N-methyl/N-ethyl adjacent to an activating group) is 2. The average Bonchev–Trinajstić information content (AvgIpc) is 3.31. The predicted molar refractivity (Wildman–Crippen MR) is 164 cm³/mol. The van der Waals surface area contributed by atoms with Crippen LogP contribution in [0.2, 0.25) is 0 Å². The van der Waals surface area contributed by atoms with Gasteiger partial charge in [0.05, 0.1) is 29.9 Å². The van der Waals surface area contributed by atoms with Crippen molar-refractivity contribution in [3.8, 4) is 17.0 Å². The highest BCUT2D eigenvalue weighted by atomic mass is 16.5. The molecule has 0 bridgehead atoms. The molecule has 12 heteroatoms. The van der Waals surface area contributed by atoms with Crippen LogP contribution in [0, 0.1) is 0 Å². The second-order valence-corrected chi connectivity index (χ2v) is 9.96. The van der Waals surface area contributed by atoms with Gasteiger partial charge in [0.25, 0.3) is 0 Å². The van der Waals surface area contributed by atoms with E-state index < -0.39 is 0 Å². The first-order valence-corrected chi connectivity index (χ1v) is 13.3. The Morgan fingerprint density at radius 2 is 1.95 bits per heavy atom. The maximum Gasteiger partial charge on any atom is 0.227 e. The number of carbonyl (C=O) groups excluding carboxylic acids is 1. The van der Waals surface area contributed by atoms with E-state index in [0.717, 1.165) is 40.9 Å². The molecule has 0 radical (unpaired) electrons. The van der Waals surface area contributed by atoms with E-state index in [2.05, 4.69) is 58.3 Å². The SMILES string of the molecule is COc1cc(N(C)CCN(C)C)c(NC(=O)CCCN=[N+]=[N-])cc1Nc1nccc(-c2cn(C)c3ccccc23)n1. The number of methoxy groups -OCH3 is 1. The second kappa shape index (κ2) is 13.5. The highest BCUT2D eigenvalue weighted by Gasteiger charge is 2.18. The quantitative estimate of drug-likeness (QED) is 0.0972. The van der Waals surface area contributed by atoms with E-state index in [9.17, 15) is 4.79 Å². The van der Waals surface area contributed by atoms with Crippen LogP contribution >= 0.6 is 0 Å². The molecule has 4 rings (SSSR count). The van der Waals surface area contributed by atoms with Crippen molar-refractivity contribution in [2.45, 2.75) is 12.8 Å². The number of hydrogen-bond acceptors (Lipinski definition) is 8. The number of nitrogens with zero attached hydrogens (tertiary/aromatic N) is 8. The summed E-state index contributed by atoms with van der Waals surface area (Å²) in [6.45, 7) is 1.82. The summed E-state index contributed by atoms with van der Waals surface area (Å²) < 4.78 is 7.82. The Morgan fingerprint density at radius 3 is 2.71 bits per heavy atom. The van der Waals surface area contributed by atoms with Gasteiger partial charge in [-0.05, 0) is 44.2 Å². The third-order valence-corrected chi connectivity index (χ3v) is 6.69. The van der Waals surface area contributed by atoms with Crippen molar-refractivity contribution in [3.63, 3.8) is 0 Å². The molecule has 0 atom stereocenters. The third-order valence-electron chi connectivity index (χ3n) is 6.69. The molecular formula is C29H36N10O2. The number of aryl methyl sites for hydroxylation is 1. The molecule has 0 fully saturated rings. The number of carbonyl (C=O) groups is 1. The van der Waals surface area contributed by atoms with Gasteiger partial charge in [-0.15, -0.1) is 0 Å². The Labute approximate surface area is 239 Å². The summed E-state index contributed by atoms with van der Waals surface area (Å²) in [4.78, 5) is 29.0. The number of para-hydroxylation sites is 1. The smallest absolute Gasteiger partial charge is 0.227 e. The van der Waals surface area contributed by atoms with Gasteiger partial charge in [0, 0.05) is 80.0 Å². The molecule has 41 heavy (non-hydrogen) atoms. The van der Waals surface area contributed by atoms with Gasteiger partial charge in [-0.2, -0.15) is 0 Å². The van der Waals surface area contributed by atoms with E-state index in [4.69, 9.17) is 15.3 Å². The van der Waals surface area contributed by atoms with Crippen LogP contribution in [0.15, 0.2) is 60.0 Å². The maximum absolute atomic E-state index is 12.8. The minimum Gasteiger partial charge on any atom is -0.494 e. The van der Waals surface area contributed by atoms with Crippen molar-refractivity contribution in [1.82, 2.24) is 19.4 Å². The van der Waals surface area contributed by atoms with E-state index in [0.29, 0.717) is 29.5 Å². The Hall–Kier alpha value is -4.80.